The van der Waals surface area contributed by atoms with Crippen LogP contribution >= 0.6 is 0 Å². The lowest BCUT2D eigenvalue weighted by Crippen LogP contribution is -2.21. The lowest BCUT2D eigenvalue weighted by atomic mass is 9.99. The molecule has 1 unspecified atom stereocenters. The molecule has 0 spiro atoms. The maximum Gasteiger partial charge on any atom is 0.312 e. The Morgan fingerprint density at radius 2 is 2.06 bits per heavy atom. The van der Waals surface area contributed by atoms with Gasteiger partial charge in [0.05, 0.1) is 5.92 Å². The van der Waals surface area contributed by atoms with E-state index in [0.29, 0.717) is 5.82 Å². The summed E-state index contributed by atoms with van der Waals surface area (Å²) in [4.78, 5) is 19.0. The number of carboxylic acid groups (broad SMARTS) is 1. The van der Waals surface area contributed by atoms with Gasteiger partial charge < -0.3 is 10.4 Å². The van der Waals surface area contributed by atoms with Crippen molar-refractivity contribution in [2.45, 2.75) is 5.92 Å². The van der Waals surface area contributed by atoms with Crippen molar-refractivity contribution in [3.63, 3.8) is 0 Å². The molecular formula is C13H13N3O2. The molecule has 0 bridgehead atoms. The molecule has 18 heavy (non-hydrogen) atoms. The van der Waals surface area contributed by atoms with Crippen LogP contribution in [-0.4, -0.2) is 27.6 Å². The Bertz CT molecular complexity index is 502. The number of rotatable bonds is 5. The maximum absolute atomic E-state index is 11.2. The van der Waals surface area contributed by atoms with Gasteiger partial charge >= 0.3 is 5.97 Å². The van der Waals surface area contributed by atoms with Crippen LogP contribution in [0.25, 0.3) is 0 Å². The molecule has 92 valence electrons. The summed E-state index contributed by atoms with van der Waals surface area (Å²) in [5.41, 5.74) is 0.770. The van der Waals surface area contributed by atoms with Crippen molar-refractivity contribution in [3.05, 3.63) is 54.5 Å². The van der Waals surface area contributed by atoms with Gasteiger partial charge in [-0.3, -0.25) is 4.79 Å². The van der Waals surface area contributed by atoms with Gasteiger partial charge in [0, 0.05) is 12.7 Å². The van der Waals surface area contributed by atoms with Gasteiger partial charge in [0.15, 0.2) is 0 Å². The molecular weight excluding hydrogens is 230 g/mol. The van der Waals surface area contributed by atoms with E-state index in [1.807, 2.05) is 18.2 Å². The number of carboxylic acids is 1. The molecule has 0 amide bonds. The van der Waals surface area contributed by atoms with Crippen molar-refractivity contribution < 1.29 is 9.90 Å². The van der Waals surface area contributed by atoms with E-state index in [4.69, 9.17) is 0 Å². The molecule has 1 atom stereocenters. The van der Waals surface area contributed by atoms with Gasteiger partial charge in [-0.15, -0.1) is 0 Å². The molecule has 0 aliphatic rings. The van der Waals surface area contributed by atoms with E-state index in [0.717, 1.165) is 5.56 Å². The summed E-state index contributed by atoms with van der Waals surface area (Å²) in [7, 11) is 0. The first-order chi connectivity index (χ1) is 8.77. The average molecular weight is 243 g/mol. The number of carbonyl (C=O) groups is 1. The van der Waals surface area contributed by atoms with E-state index < -0.39 is 11.9 Å². The molecule has 5 heteroatoms. The van der Waals surface area contributed by atoms with Gasteiger partial charge in [0.2, 0.25) is 0 Å². The smallest absolute Gasteiger partial charge is 0.312 e. The third-order valence-electron chi connectivity index (χ3n) is 2.57. The number of nitrogens with one attached hydrogen (secondary N) is 1. The van der Waals surface area contributed by atoms with Gasteiger partial charge in [0.25, 0.3) is 0 Å². The number of nitrogens with zero attached hydrogens (tertiary/aromatic N) is 2. The Hall–Kier alpha value is -2.43. The summed E-state index contributed by atoms with van der Waals surface area (Å²) in [6.07, 6.45) is 3.02. The third-order valence-corrected chi connectivity index (χ3v) is 2.57. The van der Waals surface area contributed by atoms with Crippen LogP contribution in [0.2, 0.25) is 0 Å². The lowest BCUT2D eigenvalue weighted by molar-refractivity contribution is -0.138. The molecule has 0 fully saturated rings. The predicted octanol–water partition coefficient (Wildman–Crippen LogP) is 1.76. The van der Waals surface area contributed by atoms with Crippen LogP contribution in [0.15, 0.2) is 48.9 Å². The Balaban J connectivity index is 2.06. The molecule has 0 radical (unpaired) electrons. The number of hydrogen-bond donors (Lipinski definition) is 2. The third kappa shape index (κ3) is 3.04. The van der Waals surface area contributed by atoms with Crippen molar-refractivity contribution in [1.82, 2.24) is 9.97 Å². The van der Waals surface area contributed by atoms with Crippen LogP contribution in [0, 0.1) is 0 Å². The minimum atomic E-state index is -0.859. The average Bonchev–Trinajstić information content (AvgIpc) is 2.41. The Labute approximate surface area is 105 Å². The molecule has 0 saturated heterocycles. The highest BCUT2D eigenvalue weighted by molar-refractivity contribution is 5.76. The summed E-state index contributed by atoms with van der Waals surface area (Å²) in [5, 5.41) is 12.2. The molecule has 1 heterocycles. The van der Waals surface area contributed by atoms with Crippen LogP contribution in [0.3, 0.4) is 0 Å². The number of aromatic nitrogens is 2. The molecule has 2 aromatic rings. The van der Waals surface area contributed by atoms with Gasteiger partial charge in [-0.1, -0.05) is 30.3 Å². The second kappa shape index (κ2) is 5.77. The van der Waals surface area contributed by atoms with Crippen LogP contribution in [0.1, 0.15) is 11.5 Å². The van der Waals surface area contributed by atoms with E-state index in [-0.39, 0.29) is 6.54 Å². The maximum atomic E-state index is 11.2. The van der Waals surface area contributed by atoms with Gasteiger partial charge in [-0.05, 0) is 11.6 Å². The molecule has 1 aromatic carbocycles. The van der Waals surface area contributed by atoms with Crippen LogP contribution in [-0.2, 0) is 4.79 Å². The van der Waals surface area contributed by atoms with Crippen LogP contribution in [0.5, 0.6) is 0 Å². The largest absolute Gasteiger partial charge is 0.481 e. The van der Waals surface area contributed by atoms with Crippen molar-refractivity contribution >= 4 is 11.8 Å². The molecule has 2 rings (SSSR count). The number of anilines is 1. The molecule has 1 aromatic heterocycles. The number of aliphatic carboxylic acids is 1. The number of benzene rings is 1. The summed E-state index contributed by atoms with van der Waals surface area (Å²) in [6, 6.07) is 10.8. The van der Waals surface area contributed by atoms with Gasteiger partial charge in [-0.2, -0.15) is 0 Å². The highest BCUT2D eigenvalue weighted by atomic mass is 16.4. The molecule has 0 aliphatic carbocycles. The lowest BCUT2D eigenvalue weighted by Gasteiger charge is -2.13. The van der Waals surface area contributed by atoms with E-state index in [2.05, 4.69) is 15.3 Å². The van der Waals surface area contributed by atoms with E-state index in [1.54, 1.807) is 24.4 Å². The predicted molar refractivity (Wildman–Crippen MR) is 67.3 cm³/mol. The van der Waals surface area contributed by atoms with E-state index in [9.17, 15) is 9.90 Å². The summed E-state index contributed by atoms with van der Waals surface area (Å²) in [6.45, 7) is 0.288. The van der Waals surface area contributed by atoms with E-state index in [1.165, 1.54) is 6.33 Å². The first kappa shape index (κ1) is 12.0. The Morgan fingerprint density at radius 3 is 2.67 bits per heavy atom. The first-order valence-electron chi connectivity index (χ1n) is 5.55. The first-order valence-corrected chi connectivity index (χ1v) is 5.55. The zero-order valence-electron chi connectivity index (χ0n) is 9.65. The monoisotopic (exact) mass is 243 g/mol. The zero-order chi connectivity index (χ0) is 12.8. The second-order valence-corrected chi connectivity index (χ2v) is 3.78. The fourth-order valence-corrected chi connectivity index (χ4v) is 1.63. The topological polar surface area (TPSA) is 75.1 Å². The molecule has 0 saturated carbocycles. The molecule has 0 aliphatic heterocycles. The van der Waals surface area contributed by atoms with Gasteiger partial charge in [-0.25, -0.2) is 9.97 Å². The fraction of sp³-hybridized carbons (Fsp3) is 0.154. The summed E-state index contributed by atoms with van der Waals surface area (Å²) < 4.78 is 0. The summed E-state index contributed by atoms with van der Waals surface area (Å²) in [5.74, 6) is -0.837. The zero-order valence-corrected chi connectivity index (χ0v) is 9.65. The number of hydrogen-bond acceptors (Lipinski definition) is 4. The molecule has 5 nitrogen and oxygen atoms in total. The van der Waals surface area contributed by atoms with Crippen molar-refractivity contribution in [2.24, 2.45) is 0 Å². The van der Waals surface area contributed by atoms with Crippen LogP contribution < -0.4 is 5.32 Å². The van der Waals surface area contributed by atoms with Gasteiger partial charge in [0.1, 0.15) is 12.1 Å². The minimum absolute atomic E-state index is 0.288. The summed E-state index contributed by atoms with van der Waals surface area (Å²) >= 11 is 0. The second-order valence-electron chi connectivity index (χ2n) is 3.78. The normalized spacial score (nSPS) is 11.8. The highest BCUT2D eigenvalue weighted by Crippen LogP contribution is 2.16. The standard InChI is InChI=1S/C13H13N3O2/c17-13(18)11(10-4-2-1-3-5-10)8-15-12-6-7-14-9-16-12/h1-7,9,11H,8H2,(H,17,18)(H,14,15,16). The highest BCUT2D eigenvalue weighted by Gasteiger charge is 2.19. The quantitative estimate of drug-likeness (QED) is 0.836. The fourth-order valence-electron chi connectivity index (χ4n) is 1.63. The van der Waals surface area contributed by atoms with Crippen molar-refractivity contribution in [1.29, 1.82) is 0 Å². The molecule has 2 N–H and O–H groups in total. The van der Waals surface area contributed by atoms with Crippen LogP contribution in [0.4, 0.5) is 5.82 Å². The van der Waals surface area contributed by atoms with E-state index >= 15 is 0 Å². The van der Waals surface area contributed by atoms with Crippen molar-refractivity contribution in [3.8, 4) is 0 Å². The minimum Gasteiger partial charge on any atom is -0.481 e. The SMILES string of the molecule is O=C(O)C(CNc1ccncn1)c1ccccc1. The Kier molecular flexibility index (Phi) is 3.86. The Morgan fingerprint density at radius 1 is 1.28 bits per heavy atom. The van der Waals surface area contributed by atoms with Crippen molar-refractivity contribution in [2.75, 3.05) is 11.9 Å².